The van der Waals surface area contributed by atoms with Crippen LogP contribution in [0, 0.1) is 0 Å². The van der Waals surface area contributed by atoms with Crippen LogP contribution in [0.25, 0.3) is 0 Å². The average molecular weight is 268 g/mol. The lowest BCUT2D eigenvalue weighted by molar-refractivity contribution is 0.118. The second-order valence-electron chi connectivity index (χ2n) is 4.83. The van der Waals surface area contributed by atoms with Crippen molar-refractivity contribution in [1.82, 2.24) is 10.2 Å². The molecule has 1 unspecified atom stereocenters. The van der Waals surface area contributed by atoms with Crippen molar-refractivity contribution in [3.63, 3.8) is 0 Å². The molecule has 3 N–H and O–H groups in total. The SMILES string of the molecule is CC(NCCOCCN(C)C)c1cc(O)ccc1O. The molecule has 0 aliphatic carbocycles. The summed E-state index contributed by atoms with van der Waals surface area (Å²) in [6, 6.07) is 4.50. The van der Waals surface area contributed by atoms with E-state index in [0.717, 1.165) is 6.54 Å². The van der Waals surface area contributed by atoms with E-state index < -0.39 is 0 Å². The van der Waals surface area contributed by atoms with Crippen molar-refractivity contribution in [2.45, 2.75) is 13.0 Å². The van der Waals surface area contributed by atoms with Crippen LogP contribution >= 0.6 is 0 Å². The Morgan fingerprint density at radius 2 is 2.00 bits per heavy atom. The number of ether oxygens (including phenoxy) is 1. The molecule has 0 saturated carbocycles. The van der Waals surface area contributed by atoms with Gasteiger partial charge in [-0.15, -0.1) is 0 Å². The molecule has 0 aromatic heterocycles. The van der Waals surface area contributed by atoms with E-state index in [1.807, 2.05) is 21.0 Å². The molecular formula is C14H24N2O3. The van der Waals surface area contributed by atoms with E-state index in [1.54, 1.807) is 6.07 Å². The van der Waals surface area contributed by atoms with Gasteiger partial charge in [0.2, 0.25) is 0 Å². The van der Waals surface area contributed by atoms with Gasteiger partial charge in [-0.25, -0.2) is 0 Å². The number of hydrogen-bond donors (Lipinski definition) is 3. The summed E-state index contributed by atoms with van der Waals surface area (Å²) >= 11 is 0. The normalized spacial score (nSPS) is 12.8. The summed E-state index contributed by atoms with van der Waals surface area (Å²) in [5, 5.41) is 22.4. The summed E-state index contributed by atoms with van der Waals surface area (Å²) in [5.74, 6) is 0.343. The fourth-order valence-electron chi connectivity index (χ4n) is 1.70. The third kappa shape index (κ3) is 5.92. The van der Waals surface area contributed by atoms with Gasteiger partial charge in [0, 0.05) is 24.7 Å². The first-order valence-corrected chi connectivity index (χ1v) is 6.48. The van der Waals surface area contributed by atoms with Crippen LogP contribution in [0.4, 0.5) is 0 Å². The Kier molecular flexibility index (Phi) is 6.62. The zero-order valence-corrected chi connectivity index (χ0v) is 11.9. The number of likely N-dealkylation sites (N-methyl/N-ethyl adjacent to an activating group) is 1. The maximum absolute atomic E-state index is 9.72. The van der Waals surface area contributed by atoms with E-state index in [0.29, 0.717) is 25.3 Å². The molecule has 0 amide bonds. The zero-order valence-electron chi connectivity index (χ0n) is 11.9. The number of hydrogen-bond acceptors (Lipinski definition) is 5. The van der Waals surface area contributed by atoms with Crippen molar-refractivity contribution in [3.05, 3.63) is 23.8 Å². The van der Waals surface area contributed by atoms with Crippen LogP contribution in [0.1, 0.15) is 18.5 Å². The molecule has 0 bridgehead atoms. The van der Waals surface area contributed by atoms with Gasteiger partial charge < -0.3 is 25.2 Å². The first-order valence-electron chi connectivity index (χ1n) is 6.48. The first-order chi connectivity index (χ1) is 9.00. The maximum atomic E-state index is 9.72. The second-order valence-corrected chi connectivity index (χ2v) is 4.83. The Hall–Kier alpha value is -1.30. The molecule has 0 aliphatic rings. The smallest absolute Gasteiger partial charge is 0.120 e. The van der Waals surface area contributed by atoms with E-state index in [2.05, 4.69) is 10.2 Å². The standard InChI is InChI=1S/C14H24N2O3/c1-11(13-10-12(17)4-5-14(13)18)15-6-8-19-9-7-16(2)3/h4-5,10-11,15,17-18H,6-9H2,1-3H3. The van der Waals surface area contributed by atoms with Crippen molar-refractivity contribution < 1.29 is 14.9 Å². The highest BCUT2D eigenvalue weighted by Crippen LogP contribution is 2.27. The largest absolute Gasteiger partial charge is 0.508 e. The van der Waals surface area contributed by atoms with Crippen molar-refractivity contribution in [2.75, 3.05) is 40.4 Å². The average Bonchev–Trinajstić information content (AvgIpc) is 2.36. The highest BCUT2D eigenvalue weighted by Gasteiger charge is 2.10. The molecule has 1 aromatic carbocycles. The summed E-state index contributed by atoms with van der Waals surface area (Å²) in [4.78, 5) is 2.07. The highest BCUT2D eigenvalue weighted by atomic mass is 16.5. The Balaban J connectivity index is 2.27. The Morgan fingerprint density at radius 3 is 2.68 bits per heavy atom. The molecule has 0 saturated heterocycles. The van der Waals surface area contributed by atoms with Crippen LogP contribution in [-0.4, -0.2) is 55.5 Å². The second kappa shape index (κ2) is 7.99. The summed E-state index contributed by atoms with van der Waals surface area (Å²) in [5.41, 5.74) is 0.688. The third-order valence-electron chi connectivity index (χ3n) is 2.86. The summed E-state index contributed by atoms with van der Waals surface area (Å²) in [7, 11) is 4.02. The van der Waals surface area contributed by atoms with E-state index in [4.69, 9.17) is 4.74 Å². The molecule has 5 heteroatoms. The molecule has 19 heavy (non-hydrogen) atoms. The molecule has 0 spiro atoms. The van der Waals surface area contributed by atoms with Crippen LogP contribution in [-0.2, 0) is 4.74 Å². The van der Waals surface area contributed by atoms with Crippen LogP contribution in [0.2, 0.25) is 0 Å². The van der Waals surface area contributed by atoms with Crippen molar-refractivity contribution in [1.29, 1.82) is 0 Å². The van der Waals surface area contributed by atoms with Gasteiger partial charge in [0.05, 0.1) is 13.2 Å². The van der Waals surface area contributed by atoms with Gasteiger partial charge in [-0.05, 0) is 39.2 Å². The minimum absolute atomic E-state index is 0.0375. The molecule has 5 nitrogen and oxygen atoms in total. The monoisotopic (exact) mass is 268 g/mol. The van der Waals surface area contributed by atoms with Gasteiger partial charge in [-0.2, -0.15) is 0 Å². The van der Waals surface area contributed by atoms with Gasteiger partial charge in [0.15, 0.2) is 0 Å². The van der Waals surface area contributed by atoms with Gasteiger partial charge in [0.1, 0.15) is 11.5 Å². The van der Waals surface area contributed by atoms with E-state index >= 15 is 0 Å². The molecule has 1 aromatic rings. The molecule has 0 heterocycles. The van der Waals surface area contributed by atoms with Gasteiger partial charge in [-0.1, -0.05) is 0 Å². The maximum Gasteiger partial charge on any atom is 0.120 e. The number of phenolic OH excluding ortho intramolecular Hbond substituents is 2. The van der Waals surface area contributed by atoms with E-state index in [1.165, 1.54) is 12.1 Å². The van der Waals surface area contributed by atoms with Crippen molar-refractivity contribution in [3.8, 4) is 11.5 Å². The summed E-state index contributed by atoms with van der Waals surface area (Å²) in [6.07, 6.45) is 0. The molecule has 1 rings (SSSR count). The summed E-state index contributed by atoms with van der Waals surface area (Å²) < 4.78 is 5.47. The zero-order chi connectivity index (χ0) is 14.3. The van der Waals surface area contributed by atoms with Crippen LogP contribution < -0.4 is 5.32 Å². The Bertz CT molecular complexity index is 383. The predicted molar refractivity (Wildman–Crippen MR) is 75.6 cm³/mol. The van der Waals surface area contributed by atoms with Gasteiger partial charge in [0.25, 0.3) is 0 Å². The fraction of sp³-hybridized carbons (Fsp3) is 0.571. The lowest BCUT2D eigenvalue weighted by atomic mass is 10.1. The molecule has 1 atom stereocenters. The predicted octanol–water partition coefficient (Wildman–Crippen LogP) is 1.33. The quantitative estimate of drug-likeness (QED) is 0.490. The molecule has 0 radical (unpaired) electrons. The number of rotatable bonds is 8. The Labute approximate surface area is 114 Å². The molecule has 108 valence electrons. The number of phenols is 2. The first kappa shape index (κ1) is 15.8. The number of nitrogens with zero attached hydrogens (tertiary/aromatic N) is 1. The summed E-state index contributed by atoms with van der Waals surface area (Å²) in [6.45, 7) is 4.87. The molecule has 0 fully saturated rings. The highest BCUT2D eigenvalue weighted by molar-refractivity contribution is 5.40. The van der Waals surface area contributed by atoms with Crippen molar-refractivity contribution in [2.24, 2.45) is 0 Å². The topological polar surface area (TPSA) is 65.0 Å². The molecule has 0 aliphatic heterocycles. The number of benzene rings is 1. The fourth-order valence-corrected chi connectivity index (χ4v) is 1.70. The van der Waals surface area contributed by atoms with Crippen molar-refractivity contribution >= 4 is 0 Å². The van der Waals surface area contributed by atoms with Crippen LogP contribution in [0.3, 0.4) is 0 Å². The Morgan fingerprint density at radius 1 is 1.26 bits per heavy atom. The van der Waals surface area contributed by atoms with Gasteiger partial charge >= 0.3 is 0 Å². The van der Waals surface area contributed by atoms with E-state index in [-0.39, 0.29) is 17.5 Å². The minimum atomic E-state index is -0.0375. The lowest BCUT2D eigenvalue weighted by Crippen LogP contribution is -2.25. The van der Waals surface area contributed by atoms with E-state index in [9.17, 15) is 10.2 Å². The lowest BCUT2D eigenvalue weighted by Gasteiger charge is -2.16. The van der Waals surface area contributed by atoms with Crippen LogP contribution in [0.5, 0.6) is 11.5 Å². The third-order valence-corrected chi connectivity index (χ3v) is 2.86. The van der Waals surface area contributed by atoms with Crippen LogP contribution in [0.15, 0.2) is 18.2 Å². The number of nitrogens with one attached hydrogen (secondary N) is 1. The molecular weight excluding hydrogens is 244 g/mol. The number of aromatic hydroxyl groups is 2. The minimum Gasteiger partial charge on any atom is -0.508 e. The van der Waals surface area contributed by atoms with Gasteiger partial charge in [-0.3, -0.25) is 0 Å².